The van der Waals surface area contributed by atoms with E-state index >= 15 is 0 Å². The number of carbonyl (C=O) groups excluding carboxylic acids is 1. The Hall–Kier alpha value is -2.04. The Morgan fingerprint density at radius 1 is 1.33 bits per heavy atom. The van der Waals surface area contributed by atoms with E-state index in [0.29, 0.717) is 12.2 Å². The third-order valence-corrected chi connectivity index (χ3v) is 4.07. The standard InChI is InChI=1S/C16H22N4O/c1-11(2)16-18-13-9-12(17)5-6-14(13)20(16)10-15(21)19-7-3-4-8-19/h5-6,9,11H,3-4,7-8,10,17H2,1-2H3. The van der Waals surface area contributed by atoms with Gasteiger partial charge in [0.25, 0.3) is 0 Å². The van der Waals surface area contributed by atoms with Crippen molar-refractivity contribution in [3.05, 3.63) is 24.0 Å². The summed E-state index contributed by atoms with van der Waals surface area (Å²) in [6, 6.07) is 5.70. The molecule has 0 bridgehead atoms. The topological polar surface area (TPSA) is 64.1 Å². The number of hydrogen-bond acceptors (Lipinski definition) is 3. The van der Waals surface area contributed by atoms with Crippen molar-refractivity contribution in [1.29, 1.82) is 0 Å². The van der Waals surface area contributed by atoms with Crippen molar-refractivity contribution in [3.8, 4) is 0 Å². The molecule has 5 heteroatoms. The van der Waals surface area contributed by atoms with Gasteiger partial charge in [-0.2, -0.15) is 0 Å². The van der Waals surface area contributed by atoms with E-state index in [-0.39, 0.29) is 11.8 Å². The largest absolute Gasteiger partial charge is 0.399 e. The summed E-state index contributed by atoms with van der Waals surface area (Å²) in [5.74, 6) is 1.40. The van der Waals surface area contributed by atoms with Crippen LogP contribution in [0.4, 0.5) is 5.69 Å². The van der Waals surface area contributed by atoms with Crippen molar-refractivity contribution < 1.29 is 4.79 Å². The third-order valence-electron chi connectivity index (χ3n) is 4.07. The van der Waals surface area contributed by atoms with Crippen LogP contribution >= 0.6 is 0 Å². The molecule has 0 radical (unpaired) electrons. The highest BCUT2D eigenvalue weighted by Gasteiger charge is 2.21. The first-order valence-corrected chi connectivity index (χ1v) is 7.59. The zero-order valence-electron chi connectivity index (χ0n) is 12.7. The second-order valence-corrected chi connectivity index (χ2v) is 6.05. The smallest absolute Gasteiger partial charge is 0.242 e. The lowest BCUT2D eigenvalue weighted by Crippen LogP contribution is -2.31. The van der Waals surface area contributed by atoms with Gasteiger partial charge in [-0.1, -0.05) is 13.8 Å². The van der Waals surface area contributed by atoms with Gasteiger partial charge in [-0.3, -0.25) is 4.79 Å². The number of fused-ring (bicyclic) bond motifs is 1. The quantitative estimate of drug-likeness (QED) is 0.881. The van der Waals surface area contributed by atoms with Crippen LogP contribution in [-0.4, -0.2) is 33.4 Å². The number of anilines is 1. The fourth-order valence-electron chi connectivity index (χ4n) is 2.97. The number of imidazole rings is 1. The van der Waals surface area contributed by atoms with Gasteiger partial charge in [0.2, 0.25) is 5.91 Å². The summed E-state index contributed by atoms with van der Waals surface area (Å²) in [7, 11) is 0. The van der Waals surface area contributed by atoms with Crippen LogP contribution in [0, 0.1) is 0 Å². The average molecular weight is 286 g/mol. The zero-order valence-corrected chi connectivity index (χ0v) is 12.7. The molecule has 0 unspecified atom stereocenters. The van der Waals surface area contributed by atoms with E-state index in [9.17, 15) is 4.79 Å². The van der Waals surface area contributed by atoms with Crippen molar-refractivity contribution >= 4 is 22.6 Å². The van der Waals surface area contributed by atoms with Crippen LogP contribution in [0.15, 0.2) is 18.2 Å². The van der Waals surface area contributed by atoms with E-state index in [1.807, 2.05) is 27.7 Å². The zero-order chi connectivity index (χ0) is 15.0. The van der Waals surface area contributed by atoms with Crippen LogP contribution in [0.3, 0.4) is 0 Å². The summed E-state index contributed by atoms with van der Waals surface area (Å²) >= 11 is 0. The van der Waals surface area contributed by atoms with E-state index < -0.39 is 0 Å². The Kier molecular flexibility index (Phi) is 3.57. The summed E-state index contributed by atoms with van der Waals surface area (Å²) in [6.07, 6.45) is 2.23. The second-order valence-electron chi connectivity index (χ2n) is 6.05. The minimum absolute atomic E-state index is 0.186. The second kappa shape index (κ2) is 5.39. The monoisotopic (exact) mass is 286 g/mol. The Bertz CT molecular complexity index is 668. The maximum Gasteiger partial charge on any atom is 0.242 e. The van der Waals surface area contributed by atoms with Crippen LogP contribution in [-0.2, 0) is 11.3 Å². The lowest BCUT2D eigenvalue weighted by molar-refractivity contribution is -0.130. The van der Waals surface area contributed by atoms with Gasteiger partial charge >= 0.3 is 0 Å². The molecule has 0 atom stereocenters. The first-order valence-electron chi connectivity index (χ1n) is 7.59. The van der Waals surface area contributed by atoms with Crippen molar-refractivity contribution in [3.63, 3.8) is 0 Å². The summed E-state index contributed by atoms with van der Waals surface area (Å²) in [4.78, 5) is 19.1. The lowest BCUT2D eigenvalue weighted by Gasteiger charge is -2.17. The first kappa shape index (κ1) is 13.9. The number of nitrogen functional groups attached to an aromatic ring is 1. The van der Waals surface area contributed by atoms with E-state index in [1.165, 1.54) is 0 Å². The normalized spacial score (nSPS) is 15.3. The van der Waals surface area contributed by atoms with Gasteiger partial charge in [0.1, 0.15) is 12.4 Å². The van der Waals surface area contributed by atoms with E-state index in [1.54, 1.807) is 0 Å². The number of likely N-dealkylation sites (tertiary alicyclic amines) is 1. The van der Waals surface area contributed by atoms with Gasteiger partial charge in [0.15, 0.2) is 0 Å². The number of aromatic nitrogens is 2. The van der Waals surface area contributed by atoms with Crippen LogP contribution in [0.25, 0.3) is 11.0 Å². The first-order chi connectivity index (χ1) is 10.1. The SMILES string of the molecule is CC(C)c1nc2cc(N)ccc2n1CC(=O)N1CCCC1. The van der Waals surface area contributed by atoms with Gasteiger partial charge < -0.3 is 15.2 Å². The molecule has 1 amide bonds. The molecule has 1 aliphatic rings. The fourth-order valence-corrected chi connectivity index (χ4v) is 2.97. The maximum absolute atomic E-state index is 12.5. The van der Waals surface area contributed by atoms with Crippen molar-refractivity contribution in [1.82, 2.24) is 14.5 Å². The molecular formula is C16H22N4O. The van der Waals surface area contributed by atoms with Crippen LogP contribution in [0.1, 0.15) is 38.4 Å². The number of rotatable bonds is 3. The third kappa shape index (κ3) is 2.60. The predicted molar refractivity (Wildman–Crippen MR) is 84.0 cm³/mol. The number of nitrogens with two attached hydrogens (primary N) is 1. The molecule has 0 aliphatic carbocycles. The van der Waals surface area contributed by atoms with Crippen LogP contribution in [0.2, 0.25) is 0 Å². The summed E-state index contributed by atoms with van der Waals surface area (Å²) < 4.78 is 2.04. The Morgan fingerprint density at radius 2 is 2.05 bits per heavy atom. The van der Waals surface area contributed by atoms with Gasteiger partial charge in [-0.25, -0.2) is 4.98 Å². The van der Waals surface area contributed by atoms with E-state index in [2.05, 4.69) is 18.8 Å². The molecule has 2 aromatic rings. The Labute approximate surface area is 124 Å². The highest BCUT2D eigenvalue weighted by Crippen LogP contribution is 2.24. The van der Waals surface area contributed by atoms with E-state index in [4.69, 9.17) is 5.73 Å². The van der Waals surface area contributed by atoms with Crippen molar-refractivity contribution in [2.75, 3.05) is 18.8 Å². The Morgan fingerprint density at radius 3 is 2.71 bits per heavy atom. The number of nitrogens with zero attached hydrogens (tertiary/aromatic N) is 3. The number of amides is 1. The highest BCUT2D eigenvalue weighted by molar-refractivity contribution is 5.83. The molecule has 1 aromatic heterocycles. The van der Waals surface area contributed by atoms with Gasteiger partial charge in [0, 0.05) is 24.7 Å². The van der Waals surface area contributed by atoms with E-state index in [0.717, 1.165) is 42.8 Å². The molecular weight excluding hydrogens is 264 g/mol. The van der Waals surface area contributed by atoms with Crippen molar-refractivity contribution in [2.24, 2.45) is 0 Å². The number of carbonyl (C=O) groups is 1. The van der Waals surface area contributed by atoms with Crippen LogP contribution in [0.5, 0.6) is 0 Å². The molecule has 1 aromatic carbocycles. The number of benzene rings is 1. The Balaban J connectivity index is 1.98. The molecule has 112 valence electrons. The highest BCUT2D eigenvalue weighted by atomic mass is 16.2. The van der Waals surface area contributed by atoms with Crippen molar-refractivity contribution in [2.45, 2.75) is 39.2 Å². The van der Waals surface area contributed by atoms with Gasteiger partial charge in [-0.15, -0.1) is 0 Å². The molecule has 21 heavy (non-hydrogen) atoms. The molecule has 3 rings (SSSR count). The van der Waals surface area contributed by atoms with Gasteiger partial charge in [-0.05, 0) is 31.0 Å². The molecule has 1 fully saturated rings. The molecule has 2 heterocycles. The predicted octanol–water partition coefficient (Wildman–Crippen LogP) is 2.36. The van der Waals surface area contributed by atoms with Gasteiger partial charge in [0.05, 0.1) is 11.0 Å². The lowest BCUT2D eigenvalue weighted by atomic mass is 10.2. The molecule has 5 nitrogen and oxygen atoms in total. The molecule has 1 saturated heterocycles. The summed E-state index contributed by atoms with van der Waals surface area (Å²) in [6.45, 7) is 6.33. The summed E-state index contributed by atoms with van der Waals surface area (Å²) in [5.41, 5.74) is 8.39. The maximum atomic E-state index is 12.5. The average Bonchev–Trinajstić information content (AvgIpc) is 3.06. The van der Waals surface area contributed by atoms with Crippen LogP contribution < -0.4 is 5.73 Å². The fraction of sp³-hybridized carbons (Fsp3) is 0.500. The molecule has 0 spiro atoms. The summed E-state index contributed by atoms with van der Waals surface area (Å²) in [5, 5.41) is 0. The minimum Gasteiger partial charge on any atom is -0.399 e. The molecule has 2 N–H and O–H groups in total. The minimum atomic E-state index is 0.186. The number of hydrogen-bond donors (Lipinski definition) is 1. The molecule has 0 saturated carbocycles. The molecule has 1 aliphatic heterocycles.